The number of hydrogen-bond donors (Lipinski definition) is 2. The first-order chi connectivity index (χ1) is 13.7. The Morgan fingerprint density at radius 3 is 2.07 bits per heavy atom. The van der Waals surface area contributed by atoms with E-state index < -0.39 is 22.0 Å². The molecule has 11 heteroatoms. The minimum Gasteiger partial charge on any atom is -0.497 e. The summed E-state index contributed by atoms with van der Waals surface area (Å²) in [4.78, 5) is 22.1. The fourth-order valence-corrected chi connectivity index (χ4v) is 4.82. The van der Waals surface area contributed by atoms with Gasteiger partial charge in [-0.15, -0.1) is 11.3 Å². The molecule has 2 heterocycles. The van der Waals surface area contributed by atoms with E-state index in [9.17, 15) is 8.42 Å². The van der Waals surface area contributed by atoms with Crippen LogP contribution in [0.4, 0.5) is 0 Å². The Morgan fingerprint density at radius 2 is 1.62 bits per heavy atom. The SMILES string of the molecule is COc1ccc(S(=O)(=O)N2CCN(Cc3cccs3)CC2)cc1.O=C(O)C(=O)O. The fraction of sp³-hybridized carbons (Fsp3) is 0.333. The van der Waals surface area contributed by atoms with Crippen LogP contribution in [0.5, 0.6) is 5.75 Å². The molecule has 1 fully saturated rings. The molecular formula is C18H22N2O7S2. The van der Waals surface area contributed by atoms with E-state index in [1.807, 2.05) is 6.07 Å². The standard InChI is InChI=1S/C16H20N2O3S2.C2H2O4/c1-21-14-4-6-16(7-5-14)23(19,20)18-10-8-17(9-11-18)13-15-3-2-12-22-15;3-1(4)2(5)6/h2-7,12H,8-11,13H2,1H3;(H,3,4)(H,5,6). The number of carboxylic acid groups (broad SMARTS) is 2. The zero-order valence-electron chi connectivity index (χ0n) is 15.7. The van der Waals surface area contributed by atoms with Crippen molar-refractivity contribution in [3.63, 3.8) is 0 Å². The average Bonchev–Trinajstić information content (AvgIpc) is 3.22. The molecule has 0 aliphatic carbocycles. The molecule has 0 spiro atoms. The second-order valence-electron chi connectivity index (χ2n) is 6.05. The van der Waals surface area contributed by atoms with Gasteiger partial charge in [0, 0.05) is 37.6 Å². The summed E-state index contributed by atoms with van der Waals surface area (Å²) < 4.78 is 32.0. The average molecular weight is 443 g/mol. The molecule has 1 aromatic carbocycles. The minimum absolute atomic E-state index is 0.324. The van der Waals surface area contributed by atoms with Crippen LogP contribution >= 0.6 is 11.3 Å². The summed E-state index contributed by atoms with van der Waals surface area (Å²) in [7, 11) is -1.85. The van der Waals surface area contributed by atoms with Crippen LogP contribution in [-0.4, -0.2) is 73.1 Å². The van der Waals surface area contributed by atoms with Crippen LogP contribution < -0.4 is 4.74 Å². The predicted octanol–water partition coefficient (Wildman–Crippen LogP) is 1.42. The number of nitrogens with zero attached hydrogens (tertiary/aromatic N) is 2. The molecule has 0 bridgehead atoms. The molecule has 0 unspecified atom stereocenters. The molecule has 1 saturated heterocycles. The Labute approximate surface area is 172 Å². The van der Waals surface area contributed by atoms with Crippen LogP contribution in [0.25, 0.3) is 0 Å². The van der Waals surface area contributed by atoms with Gasteiger partial charge in [0.15, 0.2) is 0 Å². The second kappa shape index (κ2) is 10.3. The number of benzene rings is 1. The van der Waals surface area contributed by atoms with E-state index >= 15 is 0 Å². The highest BCUT2D eigenvalue weighted by Gasteiger charge is 2.28. The lowest BCUT2D eigenvalue weighted by Crippen LogP contribution is -2.48. The zero-order valence-corrected chi connectivity index (χ0v) is 17.4. The van der Waals surface area contributed by atoms with Gasteiger partial charge in [-0.2, -0.15) is 4.31 Å². The number of hydrogen-bond acceptors (Lipinski definition) is 7. The topological polar surface area (TPSA) is 124 Å². The van der Waals surface area contributed by atoms with Gasteiger partial charge in [0.1, 0.15) is 5.75 Å². The lowest BCUT2D eigenvalue weighted by molar-refractivity contribution is -0.159. The molecule has 0 amide bonds. The van der Waals surface area contributed by atoms with Crippen LogP contribution in [0.2, 0.25) is 0 Å². The minimum atomic E-state index is -3.42. The summed E-state index contributed by atoms with van der Waals surface area (Å²) >= 11 is 1.74. The Balaban J connectivity index is 0.000000438. The lowest BCUT2D eigenvalue weighted by atomic mass is 10.3. The first-order valence-corrected chi connectivity index (χ1v) is 10.9. The van der Waals surface area contributed by atoms with E-state index in [4.69, 9.17) is 24.5 Å². The Hall–Kier alpha value is -2.47. The monoisotopic (exact) mass is 442 g/mol. The molecule has 29 heavy (non-hydrogen) atoms. The number of ether oxygens (including phenoxy) is 1. The van der Waals surface area contributed by atoms with Crippen molar-refractivity contribution in [2.75, 3.05) is 33.3 Å². The molecular weight excluding hydrogens is 420 g/mol. The van der Waals surface area contributed by atoms with Gasteiger partial charge in [0.25, 0.3) is 0 Å². The van der Waals surface area contributed by atoms with Crippen molar-refractivity contribution in [2.24, 2.45) is 0 Å². The quantitative estimate of drug-likeness (QED) is 0.666. The number of thiophene rings is 1. The maximum absolute atomic E-state index is 12.7. The predicted molar refractivity (Wildman–Crippen MR) is 107 cm³/mol. The smallest absolute Gasteiger partial charge is 0.414 e. The van der Waals surface area contributed by atoms with E-state index in [0.717, 1.165) is 19.6 Å². The van der Waals surface area contributed by atoms with Crippen LogP contribution in [0, 0.1) is 0 Å². The van der Waals surface area contributed by atoms with Crippen molar-refractivity contribution in [3.05, 3.63) is 46.7 Å². The van der Waals surface area contributed by atoms with E-state index in [1.54, 1.807) is 47.0 Å². The fourth-order valence-electron chi connectivity index (χ4n) is 2.65. The van der Waals surface area contributed by atoms with Crippen LogP contribution in [0.1, 0.15) is 4.88 Å². The van der Waals surface area contributed by atoms with Crippen molar-refractivity contribution < 1.29 is 33.0 Å². The molecule has 1 aromatic heterocycles. The number of piperazine rings is 1. The molecule has 9 nitrogen and oxygen atoms in total. The summed E-state index contributed by atoms with van der Waals surface area (Å²) in [6.07, 6.45) is 0. The number of carboxylic acids is 2. The van der Waals surface area contributed by atoms with Crippen LogP contribution in [-0.2, 0) is 26.2 Å². The summed E-state index contributed by atoms with van der Waals surface area (Å²) in [6.45, 7) is 3.47. The molecule has 2 N–H and O–H groups in total. The lowest BCUT2D eigenvalue weighted by Gasteiger charge is -2.33. The van der Waals surface area contributed by atoms with Gasteiger partial charge in [0.2, 0.25) is 10.0 Å². The Bertz CT molecular complexity index is 892. The summed E-state index contributed by atoms with van der Waals surface area (Å²) in [6, 6.07) is 10.7. The summed E-state index contributed by atoms with van der Waals surface area (Å²) in [5.41, 5.74) is 0. The third-order valence-electron chi connectivity index (χ3n) is 4.17. The number of methoxy groups -OCH3 is 1. The van der Waals surface area contributed by atoms with Gasteiger partial charge < -0.3 is 14.9 Å². The van der Waals surface area contributed by atoms with Gasteiger partial charge >= 0.3 is 11.9 Å². The first-order valence-electron chi connectivity index (χ1n) is 8.59. The molecule has 0 atom stereocenters. The van der Waals surface area contributed by atoms with Crippen molar-refractivity contribution >= 4 is 33.3 Å². The van der Waals surface area contributed by atoms with Crippen LogP contribution in [0.3, 0.4) is 0 Å². The highest BCUT2D eigenvalue weighted by Crippen LogP contribution is 2.21. The molecule has 1 aliphatic rings. The largest absolute Gasteiger partial charge is 0.497 e. The number of sulfonamides is 1. The normalized spacial score (nSPS) is 15.2. The Kier molecular flexibility index (Phi) is 8.14. The molecule has 1 aliphatic heterocycles. The maximum atomic E-state index is 12.7. The van der Waals surface area contributed by atoms with Crippen molar-refractivity contribution in [3.8, 4) is 5.75 Å². The summed E-state index contributed by atoms with van der Waals surface area (Å²) in [5.74, 6) is -2.99. The van der Waals surface area contributed by atoms with Crippen molar-refractivity contribution in [2.45, 2.75) is 11.4 Å². The van der Waals surface area contributed by atoms with E-state index in [2.05, 4.69) is 16.3 Å². The van der Waals surface area contributed by atoms with Gasteiger partial charge in [-0.25, -0.2) is 18.0 Å². The number of aliphatic carboxylic acids is 2. The maximum Gasteiger partial charge on any atom is 0.414 e. The van der Waals surface area contributed by atoms with Gasteiger partial charge in [0.05, 0.1) is 12.0 Å². The first kappa shape index (κ1) is 22.8. The van der Waals surface area contributed by atoms with E-state index in [1.165, 1.54) is 4.88 Å². The van der Waals surface area contributed by atoms with Gasteiger partial charge in [-0.05, 0) is 35.7 Å². The molecule has 3 rings (SSSR count). The third-order valence-corrected chi connectivity index (χ3v) is 6.94. The van der Waals surface area contributed by atoms with Crippen LogP contribution in [0.15, 0.2) is 46.7 Å². The van der Waals surface area contributed by atoms with E-state index in [0.29, 0.717) is 23.7 Å². The van der Waals surface area contributed by atoms with Crippen molar-refractivity contribution in [1.29, 1.82) is 0 Å². The third kappa shape index (κ3) is 6.53. The highest BCUT2D eigenvalue weighted by molar-refractivity contribution is 7.89. The van der Waals surface area contributed by atoms with Crippen molar-refractivity contribution in [1.82, 2.24) is 9.21 Å². The van der Waals surface area contributed by atoms with E-state index in [-0.39, 0.29) is 0 Å². The summed E-state index contributed by atoms with van der Waals surface area (Å²) in [5, 5.41) is 16.9. The highest BCUT2D eigenvalue weighted by atomic mass is 32.2. The number of rotatable bonds is 5. The molecule has 0 saturated carbocycles. The van der Waals surface area contributed by atoms with Gasteiger partial charge in [-0.1, -0.05) is 6.07 Å². The second-order valence-corrected chi connectivity index (χ2v) is 9.02. The number of carbonyl (C=O) groups is 2. The molecule has 158 valence electrons. The Morgan fingerprint density at radius 1 is 1.03 bits per heavy atom. The zero-order chi connectivity index (χ0) is 21.4. The van der Waals surface area contributed by atoms with Gasteiger partial charge in [-0.3, -0.25) is 4.90 Å². The molecule has 0 radical (unpaired) electrons. The molecule has 2 aromatic rings.